The predicted octanol–water partition coefficient (Wildman–Crippen LogP) is 2.51. The smallest absolute Gasteiger partial charge is 0.255 e. The van der Waals surface area contributed by atoms with Crippen molar-refractivity contribution in [3.05, 3.63) is 58.6 Å². The van der Waals surface area contributed by atoms with Gasteiger partial charge in [0.25, 0.3) is 5.91 Å². The number of amides is 1. The Morgan fingerprint density at radius 3 is 2.61 bits per heavy atom. The summed E-state index contributed by atoms with van der Waals surface area (Å²) in [5.41, 5.74) is 1.63. The Morgan fingerprint density at radius 1 is 1.28 bits per heavy atom. The molecule has 0 N–H and O–H groups in total. The highest BCUT2D eigenvalue weighted by molar-refractivity contribution is 9.10. The molecule has 0 atom stereocenters. The van der Waals surface area contributed by atoms with E-state index in [4.69, 9.17) is 0 Å². The number of nitrogens with zero attached hydrogens (tertiary/aromatic N) is 3. The number of rotatable bonds is 3. The van der Waals surface area contributed by atoms with Crippen LogP contribution in [0.25, 0.3) is 0 Å². The summed E-state index contributed by atoms with van der Waals surface area (Å²) in [6.45, 7) is 0.553. The van der Waals surface area contributed by atoms with Gasteiger partial charge >= 0.3 is 0 Å². The molecule has 0 fully saturated rings. The maximum absolute atomic E-state index is 12.1. The third-order valence-corrected chi connectivity index (χ3v) is 2.96. The summed E-state index contributed by atoms with van der Waals surface area (Å²) in [5, 5.41) is 0. The monoisotopic (exact) mass is 305 g/mol. The Bertz CT molecular complexity index is 528. The largest absolute Gasteiger partial charge is 0.337 e. The van der Waals surface area contributed by atoms with Gasteiger partial charge in [0.15, 0.2) is 0 Å². The number of carbonyl (C=O) groups excluding carboxylic acids is 1. The van der Waals surface area contributed by atoms with Crippen LogP contribution in [0.5, 0.6) is 0 Å². The summed E-state index contributed by atoms with van der Waals surface area (Å²) in [6, 6.07) is 7.29. The minimum absolute atomic E-state index is 0.0492. The molecule has 2 aromatic rings. The fraction of sp³-hybridized carbons (Fsp3) is 0.154. The molecule has 2 heterocycles. The molecular weight excluding hydrogens is 294 g/mol. The minimum atomic E-state index is -0.0492. The van der Waals surface area contributed by atoms with E-state index in [-0.39, 0.29) is 5.91 Å². The summed E-state index contributed by atoms with van der Waals surface area (Å²) in [7, 11) is 1.77. The lowest BCUT2D eigenvalue weighted by Crippen LogP contribution is -2.26. The third kappa shape index (κ3) is 3.13. The zero-order valence-corrected chi connectivity index (χ0v) is 11.5. The lowest BCUT2D eigenvalue weighted by molar-refractivity contribution is 0.0784. The Morgan fingerprint density at radius 2 is 2.00 bits per heavy atom. The van der Waals surface area contributed by atoms with E-state index in [1.807, 2.05) is 12.1 Å². The van der Waals surface area contributed by atoms with Crippen molar-refractivity contribution in [3.8, 4) is 0 Å². The second-order valence-corrected chi connectivity index (χ2v) is 4.70. The highest BCUT2D eigenvalue weighted by Crippen LogP contribution is 2.10. The summed E-state index contributed by atoms with van der Waals surface area (Å²) < 4.78 is 0.718. The highest BCUT2D eigenvalue weighted by Gasteiger charge is 2.12. The fourth-order valence-corrected chi connectivity index (χ4v) is 1.79. The third-order valence-electron chi connectivity index (χ3n) is 2.49. The van der Waals surface area contributed by atoms with E-state index in [9.17, 15) is 4.79 Å². The molecule has 4 nitrogen and oxygen atoms in total. The Labute approximate surface area is 114 Å². The zero-order valence-electron chi connectivity index (χ0n) is 9.88. The van der Waals surface area contributed by atoms with Crippen LogP contribution in [0.1, 0.15) is 15.9 Å². The van der Waals surface area contributed by atoms with Crippen molar-refractivity contribution in [2.75, 3.05) is 7.05 Å². The SMILES string of the molecule is CN(Cc1ccncc1)C(=O)c1ccc(Br)nc1. The van der Waals surface area contributed by atoms with E-state index in [0.29, 0.717) is 12.1 Å². The Kier molecular flexibility index (Phi) is 4.04. The molecule has 0 aliphatic heterocycles. The van der Waals surface area contributed by atoms with Gasteiger partial charge < -0.3 is 4.90 Å². The van der Waals surface area contributed by atoms with E-state index >= 15 is 0 Å². The van der Waals surface area contributed by atoms with Gasteiger partial charge in [-0.3, -0.25) is 9.78 Å². The number of halogens is 1. The molecule has 0 saturated carbocycles. The second kappa shape index (κ2) is 5.73. The van der Waals surface area contributed by atoms with Crippen LogP contribution in [0.4, 0.5) is 0 Å². The molecule has 92 valence electrons. The first-order valence-electron chi connectivity index (χ1n) is 5.43. The quantitative estimate of drug-likeness (QED) is 0.819. The minimum Gasteiger partial charge on any atom is -0.337 e. The standard InChI is InChI=1S/C13H12BrN3O/c1-17(9-10-4-6-15-7-5-10)13(18)11-2-3-12(14)16-8-11/h2-8H,9H2,1H3. The van der Waals surface area contributed by atoms with Gasteiger partial charge in [-0.1, -0.05) is 0 Å². The molecule has 0 aliphatic carbocycles. The first-order valence-corrected chi connectivity index (χ1v) is 6.22. The Hall–Kier alpha value is -1.75. The average Bonchev–Trinajstić information content (AvgIpc) is 2.40. The van der Waals surface area contributed by atoms with Crippen LogP contribution in [0.15, 0.2) is 47.5 Å². The second-order valence-electron chi connectivity index (χ2n) is 3.89. The maximum atomic E-state index is 12.1. The van der Waals surface area contributed by atoms with E-state index in [2.05, 4.69) is 25.9 Å². The lowest BCUT2D eigenvalue weighted by atomic mass is 10.2. The van der Waals surface area contributed by atoms with Crippen molar-refractivity contribution >= 4 is 21.8 Å². The topological polar surface area (TPSA) is 46.1 Å². The molecule has 0 aliphatic rings. The van der Waals surface area contributed by atoms with Gasteiger partial charge in [-0.05, 0) is 45.8 Å². The highest BCUT2D eigenvalue weighted by atomic mass is 79.9. The van der Waals surface area contributed by atoms with E-state index < -0.39 is 0 Å². The van der Waals surface area contributed by atoms with Crippen molar-refractivity contribution in [1.29, 1.82) is 0 Å². The van der Waals surface area contributed by atoms with Crippen LogP contribution >= 0.6 is 15.9 Å². The van der Waals surface area contributed by atoms with Crippen LogP contribution in [-0.4, -0.2) is 27.8 Å². The van der Waals surface area contributed by atoms with Crippen LogP contribution in [0.3, 0.4) is 0 Å². The number of carbonyl (C=O) groups is 1. The maximum Gasteiger partial charge on any atom is 0.255 e. The number of hydrogen-bond acceptors (Lipinski definition) is 3. The summed E-state index contributed by atoms with van der Waals surface area (Å²) >= 11 is 3.24. The average molecular weight is 306 g/mol. The molecule has 1 amide bonds. The van der Waals surface area contributed by atoms with Crippen LogP contribution < -0.4 is 0 Å². The van der Waals surface area contributed by atoms with Gasteiger partial charge in [0, 0.05) is 32.2 Å². The number of pyridine rings is 2. The summed E-state index contributed by atoms with van der Waals surface area (Å²) in [6.07, 6.45) is 5.00. The summed E-state index contributed by atoms with van der Waals surface area (Å²) in [4.78, 5) is 21.8. The van der Waals surface area contributed by atoms with Crippen molar-refractivity contribution in [3.63, 3.8) is 0 Å². The van der Waals surface area contributed by atoms with Gasteiger partial charge in [-0.15, -0.1) is 0 Å². The van der Waals surface area contributed by atoms with Gasteiger partial charge in [0.1, 0.15) is 4.60 Å². The molecule has 2 aromatic heterocycles. The van der Waals surface area contributed by atoms with E-state index in [0.717, 1.165) is 10.2 Å². The van der Waals surface area contributed by atoms with Crippen LogP contribution in [-0.2, 0) is 6.54 Å². The van der Waals surface area contributed by atoms with E-state index in [1.54, 1.807) is 42.7 Å². The first-order chi connectivity index (χ1) is 8.66. The van der Waals surface area contributed by atoms with Gasteiger partial charge in [-0.2, -0.15) is 0 Å². The normalized spacial score (nSPS) is 10.1. The predicted molar refractivity (Wildman–Crippen MR) is 72.0 cm³/mol. The molecule has 0 spiro atoms. The molecule has 18 heavy (non-hydrogen) atoms. The van der Waals surface area contributed by atoms with Crippen molar-refractivity contribution in [2.45, 2.75) is 6.54 Å². The molecule has 0 radical (unpaired) electrons. The van der Waals surface area contributed by atoms with E-state index in [1.165, 1.54) is 0 Å². The van der Waals surface area contributed by atoms with Crippen molar-refractivity contribution in [2.24, 2.45) is 0 Å². The van der Waals surface area contributed by atoms with Gasteiger partial charge in [0.05, 0.1) is 5.56 Å². The fourth-order valence-electron chi connectivity index (χ4n) is 1.56. The Balaban J connectivity index is 2.07. The lowest BCUT2D eigenvalue weighted by Gasteiger charge is -2.17. The van der Waals surface area contributed by atoms with Gasteiger partial charge in [-0.25, -0.2) is 4.98 Å². The molecule has 0 unspecified atom stereocenters. The summed E-state index contributed by atoms with van der Waals surface area (Å²) in [5.74, 6) is -0.0492. The molecule has 0 bridgehead atoms. The molecule has 0 saturated heterocycles. The number of hydrogen-bond donors (Lipinski definition) is 0. The van der Waals surface area contributed by atoms with Crippen molar-refractivity contribution < 1.29 is 4.79 Å². The zero-order chi connectivity index (χ0) is 13.0. The first kappa shape index (κ1) is 12.7. The molecular formula is C13H12BrN3O. The molecule has 0 aromatic carbocycles. The van der Waals surface area contributed by atoms with Crippen molar-refractivity contribution in [1.82, 2.24) is 14.9 Å². The molecule has 5 heteroatoms. The van der Waals surface area contributed by atoms with Crippen LogP contribution in [0.2, 0.25) is 0 Å². The number of aromatic nitrogens is 2. The van der Waals surface area contributed by atoms with Gasteiger partial charge in [0.2, 0.25) is 0 Å². The van der Waals surface area contributed by atoms with Crippen LogP contribution in [0, 0.1) is 0 Å². The molecule has 2 rings (SSSR count).